The zero-order valence-electron chi connectivity index (χ0n) is 17.4. The normalized spacial score (nSPS) is 17.9. The van der Waals surface area contributed by atoms with Gasteiger partial charge in [-0.05, 0) is 47.2 Å². The van der Waals surface area contributed by atoms with Crippen LogP contribution in [0.3, 0.4) is 0 Å². The fourth-order valence-corrected chi connectivity index (χ4v) is 4.26. The van der Waals surface area contributed by atoms with Crippen LogP contribution in [0.4, 0.5) is 0 Å². The minimum absolute atomic E-state index is 0.0247. The van der Waals surface area contributed by atoms with Gasteiger partial charge in [-0.25, -0.2) is 0 Å². The molecule has 0 fully saturated rings. The van der Waals surface area contributed by atoms with E-state index in [9.17, 15) is 9.59 Å². The molecule has 0 amide bonds. The van der Waals surface area contributed by atoms with E-state index in [0.29, 0.717) is 23.0 Å². The largest absolute Gasteiger partial charge is 0.324 e. The van der Waals surface area contributed by atoms with Crippen molar-refractivity contribution >= 4 is 11.6 Å². The van der Waals surface area contributed by atoms with Crippen LogP contribution < -0.4 is 11.5 Å². The minimum atomic E-state index is -0.0247. The van der Waals surface area contributed by atoms with Crippen molar-refractivity contribution in [1.82, 2.24) is 0 Å². The average Bonchev–Trinajstić information content (AvgIpc) is 2.80. The highest BCUT2D eigenvalue weighted by Crippen LogP contribution is 2.53. The lowest BCUT2D eigenvalue weighted by molar-refractivity contribution is 0.0993. The van der Waals surface area contributed by atoms with Crippen molar-refractivity contribution in [2.24, 2.45) is 11.5 Å². The predicted molar refractivity (Wildman–Crippen MR) is 115 cm³/mol. The SMILES string of the molecule is CC.CC.NCC(=O)c1ccc2c(c1)C1CCC2c2cc(C(=O)CN)ccc21. The van der Waals surface area contributed by atoms with E-state index in [1.54, 1.807) is 0 Å². The van der Waals surface area contributed by atoms with Crippen molar-refractivity contribution in [3.8, 4) is 0 Å². The molecule has 4 N–H and O–H groups in total. The van der Waals surface area contributed by atoms with Crippen LogP contribution >= 0.6 is 0 Å². The molecule has 3 aliphatic rings. The lowest BCUT2D eigenvalue weighted by atomic mass is 9.63. The number of hydrogen-bond acceptors (Lipinski definition) is 4. The summed E-state index contributed by atoms with van der Waals surface area (Å²) in [6.45, 7) is 8.07. The number of Topliss-reactive ketones (excluding diaryl/α,β-unsaturated/α-hetero) is 2. The third-order valence-corrected chi connectivity index (χ3v) is 5.43. The molecule has 2 aromatic carbocycles. The second-order valence-electron chi connectivity index (χ2n) is 6.62. The lowest BCUT2D eigenvalue weighted by Crippen LogP contribution is -2.26. The molecule has 0 spiro atoms. The first-order chi connectivity index (χ1) is 13.6. The Hall–Kier alpha value is -2.30. The second kappa shape index (κ2) is 9.76. The molecule has 5 rings (SSSR count). The first-order valence-electron chi connectivity index (χ1n) is 10.4. The van der Waals surface area contributed by atoms with Crippen molar-refractivity contribution in [3.63, 3.8) is 0 Å². The first-order valence-corrected chi connectivity index (χ1v) is 10.4. The molecule has 0 saturated carbocycles. The predicted octanol–water partition coefficient (Wildman–Crippen LogP) is 4.39. The van der Waals surface area contributed by atoms with E-state index in [-0.39, 0.29) is 24.7 Å². The van der Waals surface area contributed by atoms with E-state index in [1.165, 1.54) is 22.3 Å². The standard InChI is InChI=1S/C20H20N2O2.2C2H6/c21-9-19(23)11-1-3-13-15-5-6-16(17(13)7-11)14-4-2-12(8-18(14)15)20(24)10-22;2*1-2/h1-4,7-8,15-16H,5-6,9-10,21-22H2;2*1-2H3. The molecule has 0 saturated heterocycles. The van der Waals surface area contributed by atoms with Crippen LogP contribution in [0.2, 0.25) is 0 Å². The molecular formula is C24H32N2O2. The van der Waals surface area contributed by atoms with Crippen molar-refractivity contribution in [3.05, 3.63) is 69.8 Å². The molecule has 3 aliphatic carbocycles. The third kappa shape index (κ3) is 3.80. The summed E-state index contributed by atoms with van der Waals surface area (Å²) in [4.78, 5) is 23.9. The van der Waals surface area contributed by atoms with Gasteiger partial charge < -0.3 is 11.5 Å². The first kappa shape index (κ1) is 22.0. The Bertz CT molecular complexity index is 786. The Morgan fingerprint density at radius 2 is 1.07 bits per heavy atom. The van der Waals surface area contributed by atoms with E-state index in [1.807, 2.05) is 52.0 Å². The quantitative estimate of drug-likeness (QED) is 0.770. The molecule has 4 nitrogen and oxygen atoms in total. The van der Waals surface area contributed by atoms with Crippen LogP contribution in [0.1, 0.15) is 95.3 Å². The van der Waals surface area contributed by atoms with E-state index < -0.39 is 0 Å². The molecular weight excluding hydrogens is 348 g/mol. The smallest absolute Gasteiger partial charge is 0.176 e. The topological polar surface area (TPSA) is 86.2 Å². The molecule has 2 atom stereocenters. The summed E-state index contributed by atoms with van der Waals surface area (Å²) in [7, 11) is 0. The van der Waals surface area contributed by atoms with Gasteiger partial charge in [-0.15, -0.1) is 0 Å². The molecule has 0 radical (unpaired) electrons. The van der Waals surface area contributed by atoms with Crippen molar-refractivity contribution < 1.29 is 9.59 Å². The zero-order chi connectivity index (χ0) is 20.8. The summed E-state index contributed by atoms with van der Waals surface area (Å²) in [5.41, 5.74) is 17.4. The molecule has 4 heteroatoms. The maximum Gasteiger partial charge on any atom is 0.176 e. The summed E-state index contributed by atoms with van der Waals surface area (Å²) in [5, 5.41) is 0. The van der Waals surface area contributed by atoms with Crippen molar-refractivity contribution in [1.29, 1.82) is 0 Å². The number of fused-ring (bicyclic) bond motifs is 1. The molecule has 2 bridgehead atoms. The van der Waals surface area contributed by atoms with Crippen molar-refractivity contribution in [2.45, 2.75) is 52.4 Å². The number of nitrogens with two attached hydrogens (primary N) is 2. The van der Waals surface area contributed by atoms with Crippen LogP contribution in [-0.4, -0.2) is 24.7 Å². The average molecular weight is 381 g/mol. The van der Waals surface area contributed by atoms with Gasteiger partial charge in [0, 0.05) is 23.0 Å². The number of benzene rings is 2. The van der Waals surface area contributed by atoms with E-state index in [0.717, 1.165) is 12.8 Å². The Morgan fingerprint density at radius 3 is 1.39 bits per heavy atom. The summed E-state index contributed by atoms with van der Waals surface area (Å²) in [5.74, 6) is 0.548. The number of carbonyl (C=O) groups is 2. The van der Waals surface area contributed by atoms with Gasteiger partial charge in [0.2, 0.25) is 0 Å². The summed E-state index contributed by atoms with van der Waals surface area (Å²) in [6.07, 6.45) is 2.16. The van der Waals surface area contributed by atoms with Crippen LogP contribution in [0.15, 0.2) is 36.4 Å². The minimum Gasteiger partial charge on any atom is -0.324 e. The molecule has 2 unspecified atom stereocenters. The highest BCUT2D eigenvalue weighted by atomic mass is 16.1. The highest BCUT2D eigenvalue weighted by Gasteiger charge is 2.37. The van der Waals surface area contributed by atoms with Gasteiger partial charge in [-0.3, -0.25) is 9.59 Å². The maximum atomic E-state index is 11.9. The molecule has 2 aromatic rings. The molecule has 0 aliphatic heterocycles. The lowest BCUT2D eigenvalue weighted by Gasteiger charge is -2.40. The molecule has 150 valence electrons. The third-order valence-electron chi connectivity index (χ3n) is 5.43. The number of ketones is 2. The highest BCUT2D eigenvalue weighted by molar-refractivity contribution is 5.98. The van der Waals surface area contributed by atoms with Crippen LogP contribution in [-0.2, 0) is 0 Å². The van der Waals surface area contributed by atoms with Crippen LogP contribution in [0, 0.1) is 0 Å². The second-order valence-corrected chi connectivity index (χ2v) is 6.62. The van der Waals surface area contributed by atoms with E-state index in [2.05, 4.69) is 12.1 Å². The molecule has 0 aromatic heterocycles. The number of rotatable bonds is 4. The monoisotopic (exact) mass is 380 g/mol. The summed E-state index contributed by atoms with van der Waals surface area (Å²) >= 11 is 0. The number of hydrogen-bond donors (Lipinski definition) is 2. The fourth-order valence-electron chi connectivity index (χ4n) is 4.26. The maximum absolute atomic E-state index is 11.9. The van der Waals surface area contributed by atoms with Gasteiger partial charge >= 0.3 is 0 Å². The Labute approximate surface area is 168 Å². The Balaban J connectivity index is 0.000000660. The van der Waals surface area contributed by atoms with E-state index >= 15 is 0 Å². The number of carbonyl (C=O) groups excluding carboxylic acids is 2. The van der Waals surface area contributed by atoms with Gasteiger partial charge in [-0.1, -0.05) is 52.0 Å². The van der Waals surface area contributed by atoms with Gasteiger partial charge in [0.25, 0.3) is 0 Å². The van der Waals surface area contributed by atoms with E-state index in [4.69, 9.17) is 11.5 Å². The van der Waals surface area contributed by atoms with Crippen molar-refractivity contribution in [2.75, 3.05) is 13.1 Å². The van der Waals surface area contributed by atoms with Gasteiger partial charge in [0.05, 0.1) is 13.1 Å². The fraction of sp³-hybridized carbons (Fsp3) is 0.417. The molecule has 28 heavy (non-hydrogen) atoms. The van der Waals surface area contributed by atoms with Crippen LogP contribution in [0.5, 0.6) is 0 Å². The Kier molecular flexibility index (Phi) is 7.67. The van der Waals surface area contributed by atoms with Crippen LogP contribution in [0.25, 0.3) is 0 Å². The zero-order valence-corrected chi connectivity index (χ0v) is 17.4. The van der Waals surface area contributed by atoms with Gasteiger partial charge in [-0.2, -0.15) is 0 Å². The summed E-state index contributed by atoms with van der Waals surface area (Å²) < 4.78 is 0. The Morgan fingerprint density at radius 1 is 0.714 bits per heavy atom. The van der Waals surface area contributed by atoms with Gasteiger partial charge in [0.15, 0.2) is 11.6 Å². The summed E-state index contributed by atoms with van der Waals surface area (Å²) in [6, 6.07) is 11.9. The molecule has 0 heterocycles. The van der Waals surface area contributed by atoms with Gasteiger partial charge in [0.1, 0.15) is 0 Å².